The molecule has 1 aliphatic heterocycles. The summed E-state index contributed by atoms with van der Waals surface area (Å²) < 4.78 is 5.30. The smallest absolute Gasteiger partial charge is 0.407 e. The van der Waals surface area contributed by atoms with Crippen LogP contribution in [0.4, 0.5) is 10.6 Å². The van der Waals surface area contributed by atoms with Gasteiger partial charge in [0.15, 0.2) is 5.82 Å². The maximum absolute atomic E-state index is 12.6. The maximum atomic E-state index is 12.6. The van der Waals surface area contributed by atoms with Crippen molar-refractivity contribution in [2.45, 2.75) is 70.6 Å². The van der Waals surface area contributed by atoms with Gasteiger partial charge in [-0.2, -0.15) is 5.10 Å². The van der Waals surface area contributed by atoms with E-state index in [0.29, 0.717) is 17.9 Å². The molecule has 0 radical (unpaired) electrons. The van der Waals surface area contributed by atoms with Crippen molar-refractivity contribution in [3.8, 4) is 0 Å². The third kappa shape index (κ3) is 5.18. The number of hydrogen-bond donors (Lipinski definition) is 3. The Morgan fingerprint density at radius 3 is 2.94 bits per heavy atom. The van der Waals surface area contributed by atoms with Gasteiger partial charge in [-0.25, -0.2) is 4.79 Å². The second-order valence-electron chi connectivity index (χ2n) is 9.01. The highest BCUT2D eigenvalue weighted by atomic mass is 16.6. The zero-order valence-electron chi connectivity index (χ0n) is 19.3. The summed E-state index contributed by atoms with van der Waals surface area (Å²) in [5.41, 5.74) is 3.38. The summed E-state index contributed by atoms with van der Waals surface area (Å²) in [6.07, 6.45) is 3.08. The number of ether oxygens (including phenoxy) is 1. The normalized spacial score (nSPS) is 20.5. The Bertz CT molecular complexity index is 1050. The minimum Gasteiger partial charge on any atom is -0.447 e. The van der Waals surface area contributed by atoms with E-state index in [-0.39, 0.29) is 42.4 Å². The second-order valence-corrected chi connectivity index (χ2v) is 9.01. The lowest BCUT2D eigenvalue weighted by atomic mass is 10.0. The number of amides is 3. The zero-order chi connectivity index (χ0) is 23.5. The molecule has 3 amide bonds. The van der Waals surface area contributed by atoms with Crippen LogP contribution in [-0.4, -0.2) is 52.2 Å². The molecule has 9 heteroatoms. The fourth-order valence-corrected chi connectivity index (χ4v) is 4.53. The van der Waals surface area contributed by atoms with E-state index in [1.165, 1.54) is 0 Å². The molecular weight excluding hydrogens is 422 g/mol. The molecule has 9 nitrogen and oxygen atoms in total. The highest BCUT2D eigenvalue weighted by Gasteiger charge is 2.30. The van der Waals surface area contributed by atoms with Crippen molar-refractivity contribution in [3.05, 3.63) is 46.6 Å². The van der Waals surface area contributed by atoms with Gasteiger partial charge < -0.3 is 20.3 Å². The topological polar surface area (TPSA) is 116 Å². The summed E-state index contributed by atoms with van der Waals surface area (Å²) in [4.78, 5) is 38.4. The van der Waals surface area contributed by atoms with Gasteiger partial charge in [0.25, 0.3) is 5.91 Å². The van der Waals surface area contributed by atoms with Crippen LogP contribution in [-0.2, 0) is 22.5 Å². The Hall–Kier alpha value is -3.36. The van der Waals surface area contributed by atoms with E-state index in [2.05, 4.69) is 20.8 Å². The fourth-order valence-electron chi connectivity index (χ4n) is 4.53. The summed E-state index contributed by atoms with van der Waals surface area (Å²) >= 11 is 0. The third-order valence-corrected chi connectivity index (χ3v) is 6.54. The lowest BCUT2D eigenvalue weighted by Gasteiger charge is -2.16. The largest absolute Gasteiger partial charge is 0.447 e. The minimum absolute atomic E-state index is 0.0123. The van der Waals surface area contributed by atoms with E-state index in [1.54, 1.807) is 18.0 Å². The number of carbonyl (C=O) groups is 3. The number of H-pyrrole nitrogens is 1. The molecule has 1 aliphatic carbocycles. The van der Waals surface area contributed by atoms with Crippen LogP contribution in [0.5, 0.6) is 0 Å². The predicted molar refractivity (Wildman–Crippen MR) is 123 cm³/mol. The van der Waals surface area contributed by atoms with Crippen LogP contribution in [0.2, 0.25) is 0 Å². The molecule has 1 aromatic carbocycles. The molecule has 3 N–H and O–H groups in total. The zero-order valence-corrected chi connectivity index (χ0v) is 19.3. The van der Waals surface area contributed by atoms with Crippen molar-refractivity contribution in [3.63, 3.8) is 0 Å². The number of alkyl carbamates (subject to hydrolysis) is 1. The molecule has 1 fully saturated rings. The van der Waals surface area contributed by atoms with Gasteiger partial charge in [-0.1, -0.05) is 19.1 Å². The number of carbonyl (C=O) groups excluding carboxylic acids is 3. The summed E-state index contributed by atoms with van der Waals surface area (Å²) in [6, 6.07) is 7.42. The number of benzene rings is 1. The standard InChI is InChI=1S/C24H31N5O4/c1-4-14(2)33-24(32)25-17-9-8-16(10-17)20-12-21(28-27-20)26-22(30)11-15-6-5-7-18-19(15)13-29(3)23(18)31/h5-7,12,14,16-17H,4,8-11,13H2,1-3H3,(H,25,32)(H2,26,27,28,30). The molecule has 0 saturated heterocycles. The van der Waals surface area contributed by atoms with Crippen LogP contribution in [0.1, 0.15) is 72.6 Å². The first-order valence-corrected chi connectivity index (χ1v) is 11.5. The van der Waals surface area contributed by atoms with E-state index >= 15 is 0 Å². The first-order chi connectivity index (χ1) is 15.8. The summed E-state index contributed by atoms with van der Waals surface area (Å²) in [6.45, 7) is 4.37. The van der Waals surface area contributed by atoms with Crippen molar-refractivity contribution in [2.24, 2.45) is 0 Å². The molecule has 2 aliphatic rings. The molecule has 1 saturated carbocycles. The highest BCUT2D eigenvalue weighted by molar-refractivity contribution is 5.99. The molecule has 3 unspecified atom stereocenters. The average Bonchev–Trinajstić information content (AvgIpc) is 3.49. The van der Waals surface area contributed by atoms with Gasteiger partial charge in [0.1, 0.15) is 6.10 Å². The monoisotopic (exact) mass is 453 g/mol. The van der Waals surface area contributed by atoms with Crippen LogP contribution < -0.4 is 10.6 Å². The van der Waals surface area contributed by atoms with E-state index in [9.17, 15) is 14.4 Å². The van der Waals surface area contributed by atoms with Gasteiger partial charge in [0.05, 0.1) is 6.42 Å². The number of aromatic nitrogens is 2. The lowest BCUT2D eigenvalue weighted by molar-refractivity contribution is -0.115. The Labute approximate surface area is 193 Å². The summed E-state index contributed by atoms with van der Waals surface area (Å²) in [5.74, 6) is 0.517. The van der Waals surface area contributed by atoms with Gasteiger partial charge in [0, 0.05) is 42.9 Å². The summed E-state index contributed by atoms with van der Waals surface area (Å²) in [7, 11) is 1.76. The molecular formula is C24H31N5O4. The summed E-state index contributed by atoms with van der Waals surface area (Å²) in [5, 5.41) is 13.1. The fraction of sp³-hybridized carbons (Fsp3) is 0.500. The molecule has 3 atom stereocenters. The van der Waals surface area contributed by atoms with E-state index in [1.807, 2.05) is 32.0 Å². The minimum atomic E-state index is -0.368. The van der Waals surface area contributed by atoms with E-state index < -0.39 is 0 Å². The van der Waals surface area contributed by atoms with Crippen LogP contribution in [0, 0.1) is 0 Å². The predicted octanol–water partition coefficient (Wildman–Crippen LogP) is 3.34. The molecule has 0 spiro atoms. The van der Waals surface area contributed by atoms with Crippen molar-refractivity contribution in [1.29, 1.82) is 0 Å². The maximum Gasteiger partial charge on any atom is 0.407 e. The highest BCUT2D eigenvalue weighted by Crippen LogP contribution is 2.34. The Morgan fingerprint density at radius 2 is 2.15 bits per heavy atom. The molecule has 1 aromatic heterocycles. The Morgan fingerprint density at radius 1 is 1.33 bits per heavy atom. The molecule has 4 rings (SSSR count). The van der Waals surface area contributed by atoms with E-state index in [0.717, 1.165) is 42.5 Å². The Kier molecular flexibility index (Phi) is 6.67. The molecule has 0 bridgehead atoms. The first kappa shape index (κ1) is 22.8. The van der Waals surface area contributed by atoms with Gasteiger partial charge >= 0.3 is 6.09 Å². The average molecular weight is 454 g/mol. The van der Waals surface area contributed by atoms with Gasteiger partial charge in [-0.05, 0) is 49.8 Å². The van der Waals surface area contributed by atoms with Crippen molar-refractivity contribution in [1.82, 2.24) is 20.4 Å². The van der Waals surface area contributed by atoms with E-state index in [4.69, 9.17) is 4.74 Å². The van der Waals surface area contributed by atoms with Gasteiger partial charge in [0.2, 0.25) is 5.91 Å². The molecule has 2 aromatic rings. The first-order valence-electron chi connectivity index (χ1n) is 11.5. The number of anilines is 1. The SMILES string of the molecule is CCC(C)OC(=O)NC1CCC(c2cc(NC(=O)Cc3cccc4c3CN(C)C4=O)n[nH]2)C1. The van der Waals surface area contributed by atoms with Crippen molar-refractivity contribution >= 4 is 23.7 Å². The van der Waals surface area contributed by atoms with Crippen LogP contribution in [0.3, 0.4) is 0 Å². The van der Waals surface area contributed by atoms with Crippen LogP contribution in [0.15, 0.2) is 24.3 Å². The molecule has 33 heavy (non-hydrogen) atoms. The molecule has 176 valence electrons. The number of nitrogens with one attached hydrogen (secondary N) is 3. The number of rotatable bonds is 7. The van der Waals surface area contributed by atoms with Gasteiger partial charge in [-0.3, -0.25) is 14.7 Å². The lowest BCUT2D eigenvalue weighted by Crippen LogP contribution is -2.35. The number of fused-ring (bicyclic) bond motifs is 1. The number of aromatic amines is 1. The van der Waals surface area contributed by atoms with Crippen molar-refractivity contribution in [2.75, 3.05) is 12.4 Å². The van der Waals surface area contributed by atoms with Gasteiger partial charge in [-0.15, -0.1) is 0 Å². The Balaban J connectivity index is 1.31. The quantitative estimate of drug-likeness (QED) is 0.595. The third-order valence-electron chi connectivity index (χ3n) is 6.54. The van der Waals surface area contributed by atoms with Crippen LogP contribution in [0.25, 0.3) is 0 Å². The van der Waals surface area contributed by atoms with Crippen molar-refractivity contribution < 1.29 is 19.1 Å². The number of hydrogen-bond acceptors (Lipinski definition) is 5. The molecule has 2 heterocycles. The van der Waals surface area contributed by atoms with Crippen LogP contribution >= 0.6 is 0 Å². The second kappa shape index (κ2) is 9.64. The number of nitrogens with zero attached hydrogens (tertiary/aromatic N) is 2.